The monoisotopic (exact) mass is 472 g/mol. The first kappa shape index (κ1) is 24.5. The first-order valence-electron chi connectivity index (χ1n) is 10.6. The van der Waals surface area contributed by atoms with Crippen LogP contribution in [-0.2, 0) is 0 Å². The van der Waals surface area contributed by atoms with Crippen molar-refractivity contribution < 1.29 is 27.8 Å². The van der Waals surface area contributed by atoms with Crippen LogP contribution in [0.5, 0.6) is 28.7 Å². The van der Waals surface area contributed by atoms with Gasteiger partial charge >= 0.3 is 5.63 Å². The summed E-state index contributed by atoms with van der Waals surface area (Å²) in [6.07, 6.45) is 0. The van der Waals surface area contributed by atoms with Crippen molar-refractivity contribution in [1.82, 2.24) is 0 Å². The summed E-state index contributed by atoms with van der Waals surface area (Å²) < 4.78 is 34.1. The van der Waals surface area contributed by atoms with Crippen molar-refractivity contribution in [3.63, 3.8) is 0 Å². The second-order valence-electron chi connectivity index (χ2n) is 9.23. The zero-order chi connectivity index (χ0) is 24.6. The molecule has 8 heteroatoms. The zero-order valence-corrected chi connectivity index (χ0v) is 21.7. The van der Waals surface area contributed by atoms with Gasteiger partial charge in [-0.3, -0.25) is 0 Å². The van der Waals surface area contributed by atoms with E-state index in [0.717, 1.165) is 5.56 Å². The Morgan fingerprint density at radius 1 is 0.788 bits per heavy atom. The fourth-order valence-electron chi connectivity index (χ4n) is 3.35. The largest absolute Gasteiger partial charge is 0.541 e. The van der Waals surface area contributed by atoms with E-state index >= 15 is 0 Å². The number of rotatable bonds is 7. The molecule has 3 aromatic rings. The number of benzene rings is 2. The van der Waals surface area contributed by atoms with Crippen LogP contribution in [0.15, 0.2) is 39.5 Å². The molecule has 0 unspecified atom stereocenters. The summed E-state index contributed by atoms with van der Waals surface area (Å²) >= 11 is 0. The van der Waals surface area contributed by atoms with E-state index in [2.05, 4.69) is 33.9 Å². The fraction of sp³-hybridized carbons (Fsp3) is 0.400. The van der Waals surface area contributed by atoms with Gasteiger partial charge in [-0.25, -0.2) is 4.79 Å². The smallest absolute Gasteiger partial charge is 0.336 e. The highest BCUT2D eigenvalue weighted by Crippen LogP contribution is 2.46. The van der Waals surface area contributed by atoms with Crippen molar-refractivity contribution in [2.45, 2.75) is 38.9 Å². The predicted octanol–water partition coefficient (Wildman–Crippen LogP) is 5.88. The molecule has 0 radical (unpaired) electrons. The van der Waals surface area contributed by atoms with Gasteiger partial charge in [-0.2, -0.15) is 0 Å². The quantitative estimate of drug-likeness (QED) is 0.314. The Bertz CT molecular complexity index is 1220. The maximum atomic E-state index is 12.5. The van der Waals surface area contributed by atoms with Crippen LogP contribution in [0.3, 0.4) is 0 Å². The van der Waals surface area contributed by atoms with Crippen LogP contribution in [-0.4, -0.2) is 36.8 Å². The Morgan fingerprint density at radius 3 is 1.97 bits per heavy atom. The third-order valence-electron chi connectivity index (χ3n) is 6.19. The molecule has 0 saturated heterocycles. The van der Waals surface area contributed by atoms with E-state index in [9.17, 15) is 4.79 Å². The van der Waals surface area contributed by atoms with Gasteiger partial charge in [0, 0.05) is 17.0 Å². The Labute approximate surface area is 195 Å². The van der Waals surface area contributed by atoms with Gasteiger partial charge in [0.15, 0.2) is 17.1 Å². The van der Waals surface area contributed by atoms with Gasteiger partial charge in [-0.05, 0) is 41.9 Å². The predicted molar refractivity (Wildman–Crippen MR) is 132 cm³/mol. The number of methoxy groups -OCH3 is 4. The highest BCUT2D eigenvalue weighted by atomic mass is 28.4. The minimum Gasteiger partial charge on any atom is -0.541 e. The van der Waals surface area contributed by atoms with Gasteiger partial charge in [0.05, 0.1) is 28.4 Å². The average Bonchev–Trinajstić information content (AvgIpc) is 2.76. The molecule has 3 rings (SSSR count). The number of fused-ring (bicyclic) bond motifs is 1. The standard InChI is InChI=1S/C25H32O7Si/c1-25(2,3)33(8,9)32-19-12-15(10-11-18(19)27-4)16-14-21(26)31-22-17(16)13-20(28-5)23(29-6)24(22)30-7/h10-14H,1-9H3. The van der Waals surface area contributed by atoms with Gasteiger partial charge in [-0.1, -0.05) is 26.8 Å². The minimum atomic E-state index is -2.14. The molecule has 0 amide bonds. The van der Waals surface area contributed by atoms with Crippen LogP contribution < -0.4 is 29.0 Å². The second kappa shape index (κ2) is 9.01. The second-order valence-corrected chi connectivity index (χ2v) is 14.0. The molecule has 178 valence electrons. The molecule has 0 saturated carbocycles. The van der Waals surface area contributed by atoms with E-state index in [1.54, 1.807) is 20.3 Å². The Morgan fingerprint density at radius 2 is 1.42 bits per heavy atom. The van der Waals surface area contributed by atoms with Crippen molar-refractivity contribution in [3.05, 3.63) is 40.8 Å². The molecular formula is C25H32O7Si. The summed E-state index contributed by atoms with van der Waals surface area (Å²) in [6.45, 7) is 10.9. The first-order chi connectivity index (χ1) is 15.5. The van der Waals surface area contributed by atoms with Gasteiger partial charge in [0.25, 0.3) is 8.32 Å². The van der Waals surface area contributed by atoms with Crippen molar-refractivity contribution in [3.8, 4) is 39.9 Å². The lowest BCUT2D eigenvalue weighted by Gasteiger charge is -2.36. The molecule has 33 heavy (non-hydrogen) atoms. The topological polar surface area (TPSA) is 76.4 Å². The Hall–Kier alpha value is -3.13. The van der Waals surface area contributed by atoms with Crippen molar-refractivity contribution in [2.75, 3.05) is 28.4 Å². The van der Waals surface area contributed by atoms with E-state index in [0.29, 0.717) is 33.9 Å². The highest BCUT2D eigenvalue weighted by molar-refractivity contribution is 6.74. The average molecular weight is 473 g/mol. The van der Waals surface area contributed by atoms with Gasteiger partial charge < -0.3 is 27.8 Å². The summed E-state index contributed by atoms with van der Waals surface area (Å²) in [6, 6.07) is 8.85. The molecule has 0 aliphatic rings. The molecule has 0 fully saturated rings. The molecule has 0 atom stereocenters. The van der Waals surface area contributed by atoms with E-state index < -0.39 is 13.9 Å². The van der Waals surface area contributed by atoms with Crippen LogP contribution >= 0.6 is 0 Å². The van der Waals surface area contributed by atoms with E-state index in [1.165, 1.54) is 20.3 Å². The third kappa shape index (κ3) is 4.52. The number of hydrogen-bond donors (Lipinski definition) is 0. The fourth-order valence-corrected chi connectivity index (χ4v) is 4.36. The number of hydrogen-bond acceptors (Lipinski definition) is 7. The van der Waals surface area contributed by atoms with Crippen LogP contribution in [0, 0.1) is 0 Å². The molecule has 1 aromatic heterocycles. The summed E-state index contributed by atoms with van der Waals surface area (Å²) in [5.41, 5.74) is 1.20. The van der Waals surface area contributed by atoms with Crippen LogP contribution in [0.1, 0.15) is 20.8 Å². The van der Waals surface area contributed by atoms with Crippen LogP contribution in [0.2, 0.25) is 18.1 Å². The lowest BCUT2D eigenvalue weighted by Crippen LogP contribution is -2.43. The minimum absolute atomic E-state index is 0.00577. The Balaban J connectivity index is 2.30. The maximum Gasteiger partial charge on any atom is 0.336 e. The van der Waals surface area contributed by atoms with Gasteiger partial charge in [0.1, 0.15) is 5.75 Å². The third-order valence-corrected chi connectivity index (χ3v) is 10.5. The first-order valence-corrected chi connectivity index (χ1v) is 13.5. The molecular weight excluding hydrogens is 440 g/mol. The highest BCUT2D eigenvalue weighted by Gasteiger charge is 2.39. The van der Waals surface area contributed by atoms with Gasteiger partial charge in [0.2, 0.25) is 11.5 Å². The van der Waals surface area contributed by atoms with E-state index in [1.807, 2.05) is 18.2 Å². The van der Waals surface area contributed by atoms with Crippen molar-refractivity contribution in [1.29, 1.82) is 0 Å². The molecule has 0 bridgehead atoms. The van der Waals surface area contributed by atoms with Crippen LogP contribution in [0.4, 0.5) is 0 Å². The SMILES string of the molecule is COc1ccc(-c2cc(=O)oc3c(OC)c(OC)c(OC)cc23)cc1O[Si](C)(C)C(C)(C)C. The Kier molecular flexibility index (Phi) is 6.69. The molecule has 7 nitrogen and oxygen atoms in total. The summed E-state index contributed by atoms with van der Waals surface area (Å²) in [5.74, 6) is 2.37. The normalized spacial score (nSPS) is 11.9. The molecule has 0 aliphatic carbocycles. The van der Waals surface area contributed by atoms with Crippen LogP contribution in [0.25, 0.3) is 22.1 Å². The van der Waals surface area contributed by atoms with Gasteiger partial charge in [-0.15, -0.1) is 0 Å². The molecule has 0 spiro atoms. The molecule has 2 aromatic carbocycles. The lowest BCUT2D eigenvalue weighted by molar-refractivity contribution is 0.323. The van der Waals surface area contributed by atoms with E-state index in [-0.39, 0.29) is 16.4 Å². The summed E-state index contributed by atoms with van der Waals surface area (Å²) in [5, 5.41) is 0.652. The lowest BCUT2D eigenvalue weighted by atomic mass is 10.0. The molecule has 0 aliphatic heterocycles. The molecule has 0 N–H and O–H groups in total. The maximum absolute atomic E-state index is 12.5. The summed E-state index contributed by atoms with van der Waals surface area (Å²) in [7, 11) is 4.00. The summed E-state index contributed by atoms with van der Waals surface area (Å²) in [4.78, 5) is 12.5. The molecule has 1 heterocycles. The van der Waals surface area contributed by atoms with Crippen molar-refractivity contribution >= 4 is 19.3 Å². The number of ether oxygens (including phenoxy) is 4. The van der Waals surface area contributed by atoms with Crippen molar-refractivity contribution in [2.24, 2.45) is 0 Å². The zero-order valence-electron chi connectivity index (χ0n) is 20.7. The van der Waals surface area contributed by atoms with E-state index in [4.69, 9.17) is 27.8 Å².